The van der Waals surface area contributed by atoms with Crippen LogP contribution in [0.3, 0.4) is 0 Å². The van der Waals surface area contributed by atoms with Crippen LogP contribution in [0.15, 0.2) is 34.9 Å². The van der Waals surface area contributed by atoms with E-state index in [9.17, 15) is 8.42 Å². The maximum absolute atomic E-state index is 12.1. The van der Waals surface area contributed by atoms with Gasteiger partial charge in [-0.1, -0.05) is 12.1 Å². The van der Waals surface area contributed by atoms with Gasteiger partial charge >= 0.3 is 0 Å². The molecule has 0 amide bonds. The Balaban J connectivity index is 2.51. The van der Waals surface area contributed by atoms with Crippen molar-refractivity contribution in [3.63, 3.8) is 0 Å². The molecule has 0 saturated heterocycles. The van der Waals surface area contributed by atoms with Crippen LogP contribution in [0.4, 0.5) is 17.2 Å². The SMILES string of the molecule is CC(C)N(c1ccccc1Nc1nc(Cl)ncc1Br)S(C)(=O)=O. The van der Waals surface area contributed by atoms with E-state index >= 15 is 0 Å². The van der Waals surface area contributed by atoms with Gasteiger partial charge in [0.1, 0.15) is 5.82 Å². The van der Waals surface area contributed by atoms with Gasteiger partial charge in [0.05, 0.1) is 22.1 Å². The summed E-state index contributed by atoms with van der Waals surface area (Å²) in [6.45, 7) is 3.63. The lowest BCUT2D eigenvalue weighted by Gasteiger charge is -2.28. The Morgan fingerprint density at radius 2 is 1.96 bits per heavy atom. The van der Waals surface area contributed by atoms with Gasteiger partial charge in [0, 0.05) is 12.2 Å². The lowest BCUT2D eigenvalue weighted by atomic mass is 10.2. The van der Waals surface area contributed by atoms with Crippen LogP contribution in [0.25, 0.3) is 0 Å². The standard InChI is InChI=1S/C14H16BrClN4O2S/c1-9(2)20(23(3,21)22)12-7-5-4-6-11(12)18-13-10(15)8-17-14(16)19-13/h4-9H,1-3H3,(H,17,18,19). The number of anilines is 3. The van der Waals surface area contributed by atoms with Crippen LogP contribution in [0.1, 0.15) is 13.8 Å². The largest absolute Gasteiger partial charge is 0.337 e. The van der Waals surface area contributed by atoms with Crippen molar-refractivity contribution in [2.45, 2.75) is 19.9 Å². The molecule has 6 nitrogen and oxygen atoms in total. The molecule has 0 atom stereocenters. The van der Waals surface area contributed by atoms with Crippen LogP contribution in [0, 0.1) is 0 Å². The molecule has 1 aromatic heterocycles. The molecule has 23 heavy (non-hydrogen) atoms. The zero-order chi connectivity index (χ0) is 17.2. The van der Waals surface area contributed by atoms with E-state index in [1.54, 1.807) is 18.2 Å². The number of hydrogen-bond acceptors (Lipinski definition) is 5. The summed E-state index contributed by atoms with van der Waals surface area (Å²) in [4.78, 5) is 7.97. The summed E-state index contributed by atoms with van der Waals surface area (Å²) >= 11 is 9.16. The first-order chi connectivity index (χ1) is 10.7. The number of nitrogens with one attached hydrogen (secondary N) is 1. The van der Waals surface area contributed by atoms with Crippen LogP contribution in [-0.4, -0.2) is 30.7 Å². The van der Waals surface area contributed by atoms with Gasteiger partial charge in [0.2, 0.25) is 15.3 Å². The van der Waals surface area contributed by atoms with Crippen molar-refractivity contribution in [3.05, 3.63) is 40.2 Å². The minimum Gasteiger partial charge on any atom is -0.337 e. The molecule has 1 N–H and O–H groups in total. The third-order valence-electron chi connectivity index (χ3n) is 2.94. The average molecular weight is 420 g/mol. The summed E-state index contributed by atoms with van der Waals surface area (Å²) in [6.07, 6.45) is 2.71. The topological polar surface area (TPSA) is 75.2 Å². The third kappa shape index (κ3) is 4.33. The predicted molar refractivity (Wildman–Crippen MR) is 96.9 cm³/mol. The predicted octanol–water partition coefficient (Wildman–Crippen LogP) is 3.81. The second-order valence-electron chi connectivity index (χ2n) is 5.13. The minimum absolute atomic E-state index is 0.0945. The van der Waals surface area contributed by atoms with Gasteiger partial charge in [-0.05, 0) is 53.5 Å². The lowest BCUT2D eigenvalue weighted by Crippen LogP contribution is -2.36. The summed E-state index contributed by atoms with van der Waals surface area (Å²) in [5.41, 5.74) is 1.13. The van der Waals surface area contributed by atoms with Gasteiger partial charge in [0.25, 0.3) is 0 Å². The highest BCUT2D eigenvalue weighted by Crippen LogP contribution is 2.33. The van der Waals surface area contributed by atoms with Crippen LogP contribution < -0.4 is 9.62 Å². The summed E-state index contributed by atoms with van der Waals surface area (Å²) in [5.74, 6) is 0.453. The molecule has 1 heterocycles. The van der Waals surface area contributed by atoms with Gasteiger partial charge in [-0.3, -0.25) is 4.31 Å². The highest BCUT2D eigenvalue weighted by atomic mass is 79.9. The number of nitrogens with zero attached hydrogens (tertiary/aromatic N) is 3. The van der Waals surface area contributed by atoms with Gasteiger partial charge < -0.3 is 5.32 Å². The lowest BCUT2D eigenvalue weighted by molar-refractivity contribution is 0.590. The molecule has 0 aliphatic rings. The van der Waals surface area contributed by atoms with Crippen LogP contribution in [0.2, 0.25) is 5.28 Å². The number of sulfonamides is 1. The Morgan fingerprint density at radius 1 is 1.30 bits per heavy atom. The van der Waals surface area contributed by atoms with Crippen LogP contribution >= 0.6 is 27.5 Å². The molecular weight excluding hydrogens is 404 g/mol. The Hall–Kier alpha value is -1.38. The van der Waals surface area contributed by atoms with E-state index in [0.717, 1.165) is 0 Å². The monoisotopic (exact) mass is 418 g/mol. The van der Waals surface area contributed by atoms with E-state index in [-0.39, 0.29) is 11.3 Å². The summed E-state index contributed by atoms with van der Waals surface area (Å²) in [5, 5.41) is 3.19. The van der Waals surface area contributed by atoms with E-state index in [1.807, 2.05) is 19.9 Å². The van der Waals surface area contributed by atoms with Crippen molar-refractivity contribution in [2.24, 2.45) is 0 Å². The zero-order valence-electron chi connectivity index (χ0n) is 12.8. The van der Waals surface area contributed by atoms with Crippen LogP contribution in [-0.2, 0) is 10.0 Å². The van der Waals surface area contributed by atoms with Crippen molar-refractivity contribution in [3.8, 4) is 0 Å². The highest BCUT2D eigenvalue weighted by molar-refractivity contribution is 9.10. The fourth-order valence-electron chi connectivity index (χ4n) is 2.17. The van der Waals surface area contributed by atoms with E-state index in [4.69, 9.17) is 11.6 Å². The van der Waals surface area contributed by atoms with Gasteiger partial charge in [-0.15, -0.1) is 0 Å². The molecule has 124 valence electrons. The number of para-hydroxylation sites is 2. The first-order valence-electron chi connectivity index (χ1n) is 6.73. The molecule has 0 unspecified atom stereocenters. The van der Waals surface area contributed by atoms with Crippen molar-refractivity contribution in [2.75, 3.05) is 15.9 Å². The first kappa shape index (κ1) is 18.0. The molecule has 0 saturated carbocycles. The molecular formula is C14H16BrClN4O2S. The fraction of sp³-hybridized carbons (Fsp3) is 0.286. The Bertz CT molecular complexity index is 814. The fourth-order valence-corrected chi connectivity index (χ4v) is 3.88. The Kier molecular flexibility index (Phi) is 5.49. The molecule has 0 spiro atoms. The van der Waals surface area contributed by atoms with Crippen LogP contribution in [0.5, 0.6) is 0 Å². The second kappa shape index (κ2) is 7.02. The number of rotatable bonds is 5. The third-order valence-corrected chi connectivity index (χ3v) is 5.03. The van der Waals surface area contributed by atoms with Crippen molar-refractivity contribution >= 4 is 54.7 Å². The number of aromatic nitrogens is 2. The smallest absolute Gasteiger partial charge is 0.232 e. The molecule has 0 aliphatic carbocycles. The molecule has 9 heteroatoms. The van der Waals surface area contributed by atoms with Gasteiger partial charge in [0.15, 0.2) is 0 Å². The molecule has 0 aliphatic heterocycles. The summed E-state index contributed by atoms with van der Waals surface area (Å²) in [7, 11) is -3.43. The highest BCUT2D eigenvalue weighted by Gasteiger charge is 2.23. The normalized spacial score (nSPS) is 11.6. The first-order valence-corrected chi connectivity index (χ1v) is 9.75. The molecule has 2 aromatic rings. The van der Waals surface area contributed by atoms with Crippen molar-refractivity contribution in [1.82, 2.24) is 9.97 Å². The van der Waals surface area contributed by atoms with Gasteiger partial charge in [-0.25, -0.2) is 13.4 Å². The van der Waals surface area contributed by atoms with Crippen molar-refractivity contribution < 1.29 is 8.42 Å². The Labute approximate surface area is 149 Å². The maximum Gasteiger partial charge on any atom is 0.232 e. The number of halogens is 2. The second-order valence-corrected chi connectivity index (χ2v) is 8.18. The van der Waals surface area contributed by atoms with Crippen molar-refractivity contribution in [1.29, 1.82) is 0 Å². The summed E-state index contributed by atoms with van der Waals surface area (Å²) in [6, 6.07) is 6.87. The maximum atomic E-state index is 12.1. The van der Waals surface area contributed by atoms with E-state index in [0.29, 0.717) is 21.7 Å². The molecule has 0 bridgehead atoms. The number of benzene rings is 1. The average Bonchev–Trinajstić information content (AvgIpc) is 2.43. The molecule has 2 rings (SSSR count). The summed E-state index contributed by atoms with van der Waals surface area (Å²) < 4.78 is 26.3. The van der Waals surface area contributed by atoms with E-state index < -0.39 is 10.0 Å². The van der Waals surface area contributed by atoms with Gasteiger partial charge in [-0.2, -0.15) is 4.98 Å². The molecule has 0 fully saturated rings. The quantitative estimate of drug-likeness (QED) is 0.746. The zero-order valence-corrected chi connectivity index (χ0v) is 15.9. The number of hydrogen-bond donors (Lipinski definition) is 1. The Morgan fingerprint density at radius 3 is 2.57 bits per heavy atom. The molecule has 0 radical (unpaired) electrons. The minimum atomic E-state index is -3.43. The van der Waals surface area contributed by atoms with E-state index in [2.05, 4.69) is 31.2 Å². The van der Waals surface area contributed by atoms with E-state index in [1.165, 1.54) is 16.8 Å². The molecule has 1 aromatic carbocycles.